The molecule has 0 aromatic carbocycles. The Kier molecular flexibility index (Phi) is 6.57. The number of fused-ring (bicyclic) bond motifs is 1. The quantitative estimate of drug-likeness (QED) is 0.581. The molecule has 2 aromatic heterocycles. The molecule has 1 amide bonds. The molecule has 0 radical (unpaired) electrons. The second-order valence-electron chi connectivity index (χ2n) is 9.09. The molecule has 0 bridgehead atoms. The molecule has 190 valence electrons. The van der Waals surface area contributed by atoms with Gasteiger partial charge in [0.1, 0.15) is 34.2 Å². The van der Waals surface area contributed by atoms with E-state index in [2.05, 4.69) is 16.0 Å². The number of carbonyl (C=O) groups is 1. The maximum absolute atomic E-state index is 12.9. The zero-order chi connectivity index (χ0) is 25.3. The number of pyridine rings is 2. The Bertz CT molecular complexity index is 1300. The molecule has 2 aromatic rings. The van der Waals surface area contributed by atoms with Crippen LogP contribution in [0.1, 0.15) is 24.8 Å². The van der Waals surface area contributed by atoms with Crippen LogP contribution in [0.25, 0.3) is 0 Å². The van der Waals surface area contributed by atoms with Crippen LogP contribution in [0.15, 0.2) is 24.5 Å². The Balaban J connectivity index is 1.28. The van der Waals surface area contributed by atoms with Crippen LogP contribution >= 0.6 is 0 Å². The summed E-state index contributed by atoms with van der Waals surface area (Å²) in [6, 6.07) is 5.62. The van der Waals surface area contributed by atoms with Gasteiger partial charge in [-0.15, -0.1) is 0 Å². The molecule has 12 heteroatoms. The van der Waals surface area contributed by atoms with Crippen LogP contribution in [-0.2, 0) is 14.6 Å². The van der Waals surface area contributed by atoms with Crippen LogP contribution in [-0.4, -0.2) is 80.2 Å². The van der Waals surface area contributed by atoms with Gasteiger partial charge in [0.15, 0.2) is 5.75 Å². The third-order valence-electron chi connectivity index (χ3n) is 6.80. The van der Waals surface area contributed by atoms with E-state index in [4.69, 9.17) is 14.2 Å². The van der Waals surface area contributed by atoms with Crippen molar-refractivity contribution in [1.29, 1.82) is 5.26 Å². The summed E-state index contributed by atoms with van der Waals surface area (Å²) in [5, 5.41) is 9.44. The second-order valence-corrected chi connectivity index (χ2v) is 11.4. The van der Waals surface area contributed by atoms with Crippen LogP contribution in [0.4, 0.5) is 11.4 Å². The number of sulfone groups is 1. The molecule has 0 spiro atoms. The highest BCUT2D eigenvalue weighted by Gasteiger charge is 2.35. The summed E-state index contributed by atoms with van der Waals surface area (Å²) in [6.45, 7) is 2.01. The van der Waals surface area contributed by atoms with Gasteiger partial charge in [-0.3, -0.25) is 4.79 Å². The van der Waals surface area contributed by atoms with Crippen molar-refractivity contribution in [2.24, 2.45) is 5.92 Å². The number of likely N-dealkylation sites (tertiary alicyclic amines) is 1. The minimum atomic E-state index is -3.01. The summed E-state index contributed by atoms with van der Waals surface area (Å²) in [6.07, 6.45) is 4.49. The third kappa shape index (κ3) is 4.88. The first-order valence-electron chi connectivity index (χ1n) is 11.9. The van der Waals surface area contributed by atoms with Crippen LogP contribution in [0.5, 0.6) is 17.5 Å². The smallest absolute Gasteiger partial charge is 0.231 e. The fourth-order valence-electron chi connectivity index (χ4n) is 4.86. The Labute approximate surface area is 209 Å². The monoisotopic (exact) mass is 513 g/mol. The number of methoxy groups -OCH3 is 1. The molecule has 5 heterocycles. The first-order chi connectivity index (χ1) is 17.4. The summed E-state index contributed by atoms with van der Waals surface area (Å²) in [5.74, 6) is 1.20. The van der Waals surface area contributed by atoms with Gasteiger partial charge in [-0.1, -0.05) is 0 Å². The van der Waals surface area contributed by atoms with Crippen molar-refractivity contribution in [2.75, 3.05) is 49.8 Å². The number of aromatic nitrogens is 2. The normalized spacial score (nSPS) is 21.3. The van der Waals surface area contributed by atoms with Crippen molar-refractivity contribution in [3.05, 3.63) is 30.1 Å². The standard InChI is InChI=1S/C24H27N5O6S/c1-33-23-17(12-25)10-18(13-27-23)29-6-7-34-21-14-26-22(11-20(21)29)35-19-2-5-28(15-19)24(30)16-3-8-36(31,32)9-4-16/h10-11,13-14,16,19H,2-9,15H2,1H3. The fourth-order valence-corrected chi connectivity index (χ4v) is 6.35. The maximum Gasteiger partial charge on any atom is 0.231 e. The van der Waals surface area contributed by atoms with Crippen molar-refractivity contribution < 1.29 is 27.4 Å². The summed E-state index contributed by atoms with van der Waals surface area (Å²) < 4.78 is 40.4. The van der Waals surface area contributed by atoms with Gasteiger partial charge in [-0.25, -0.2) is 18.4 Å². The molecule has 1 atom stereocenters. The van der Waals surface area contributed by atoms with Gasteiger partial charge in [0.05, 0.1) is 55.5 Å². The SMILES string of the molecule is COc1ncc(N2CCOc3cnc(OC4CCN(C(=O)C5CCS(=O)(=O)CC5)C4)cc32)cc1C#N. The lowest BCUT2D eigenvalue weighted by Crippen LogP contribution is -2.39. The number of carbonyl (C=O) groups excluding carboxylic acids is 1. The summed E-state index contributed by atoms with van der Waals surface area (Å²) >= 11 is 0. The molecule has 0 N–H and O–H groups in total. The Morgan fingerprint density at radius 3 is 2.72 bits per heavy atom. The predicted octanol–water partition coefficient (Wildman–Crippen LogP) is 1.69. The van der Waals surface area contributed by atoms with E-state index in [0.717, 1.165) is 11.4 Å². The number of nitrogens with zero attached hydrogens (tertiary/aromatic N) is 5. The lowest BCUT2D eigenvalue weighted by atomic mass is 10.0. The van der Waals surface area contributed by atoms with Crippen LogP contribution in [0.2, 0.25) is 0 Å². The van der Waals surface area contributed by atoms with Crippen molar-refractivity contribution in [2.45, 2.75) is 25.4 Å². The minimum absolute atomic E-state index is 0.00859. The molecule has 36 heavy (non-hydrogen) atoms. The molecular formula is C24H27N5O6S. The van der Waals surface area contributed by atoms with Crippen molar-refractivity contribution in [3.8, 4) is 23.6 Å². The largest absolute Gasteiger partial charge is 0.488 e. The summed E-state index contributed by atoms with van der Waals surface area (Å²) in [4.78, 5) is 25.3. The van der Waals surface area contributed by atoms with Crippen molar-refractivity contribution >= 4 is 27.1 Å². The van der Waals surface area contributed by atoms with Gasteiger partial charge in [0.2, 0.25) is 17.7 Å². The second kappa shape index (κ2) is 9.81. The maximum atomic E-state index is 12.9. The zero-order valence-electron chi connectivity index (χ0n) is 19.9. The van der Waals surface area contributed by atoms with Gasteiger partial charge in [-0.2, -0.15) is 5.26 Å². The van der Waals surface area contributed by atoms with E-state index in [1.807, 2.05) is 4.90 Å². The fraction of sp³-hybridized carbons (Fsp3) is 0.500. The number of rotatable bonds is 5. The number of ether oxygens (including phenoxy) is 3. The lowest BCUT2D eigenvalue weighted by Gasteiger charge is -2.31. The highest BCUT2D eigenvalue weighted by molar-refractivity contribution is 7.91. The first kappa shape index (κ1) is 24.1. The number of anilines is 2. The molecule has 0 aliphatic carbocycles. The molecule has 5 rings (SSSR count). The molecule has 2 fully saturated rings. The van der Waals surface area contributed by atoms with E-state index in [1.165, 1.54) is 7.11 Å². The van der Waals surface area contributed by atoms with Gasteiger partial charge in [0, 0.05) is 24.9 Å². The molecule has 0 saturated carbocycles. The van der Waals surface area contributed by atoms with Crippen LogP contribution in [0.3, 0.4) is 0 Å². The Morgan fingerprint density at radius 1 is 1.17 bits per heavy atom. The average Bonchev–Trinajstić information content (AvgIpc) is 3.36. The molecule has 1 unspecified atom stereocenters. The molecule has 3 aliphatic rings. The number of amides is 1. The predicted molar refractivity (Wildman–Crippen MR) is 129 cm³/mol. The third-order valence-corrected chi connectivity index (χ3v) is 8.51. The Hall–Kier alpha value is -3.59. The summed E-state index contributed by atoms with van der Waals surface area (Å²) in [7, 11) is -1.54. The van der Waals surface area contributed by atoms with Gasteiger partial charge >= 0.3 is 0 Å². The average molecular weight is 514 g/mol. The van der Waals surface area contributed by atoms with Gasteiger partial charge in [-0.05, 0) is 18.9 Å². The first-order valence-corrected chi connectivity index (χ1v) is 13.7. The van der Waals surface area contributed by atoms with Gasteiger partial charge < -0.3 is 24.0 Å². The zero-order valence-corrected chi connectivity index (χ0v) is 20.7. The molecule has 3 aliphatic heterocycles. The van der Waals surface area contributed by atoms with E-state index in [0.29, 0.717) is 62.7 Å². The number of nitriles is 1. The van der Waals surface area contributed by atoms with E-state index in [-0.39, 0.29) is 35.3 Å². The number of hydrogen-bond donors (Lipinski definition) is 0. The van der Waals surface area contributed by atoms with Crippen molar-refractivity contribution in [1.82, 2.24) is 14.9 Å². The van der Waals surface area contributed by atoms with Crippen molar-refractivity contribution in [3.63, 3.8) is 0 Å². The van der Waals surface area contributed by atoms with Gasteiger partial charge in [0.25, 0.3) is 0 Å². The van der Waals surface area contributed by atoms with E-state index < -0.39 is 9.84 Å². The Morgan fingerprint density at radius 2 is 1.97 bits per heavy atom. The minimum Gasteiger partial charge on any atom is -0.488 e. The van der Waals surface area contributed by atoms with Crippen LogP contribution < -0.4 is 19.1 Å². The topological polar surface area (TPSA) is 135 Å². The molecular weight excluding hydrogens is 486 g/mol. The summed E-state index contributed by atoms with van der Waals surface area (Å²) in [5.41, 5.74) is 1.80. The van der Waals surface area contributed by atoms with Crippen LogP contribution in [0, 0.1) is 17.2 Å². The highest BCUT2D eigenvalue weighted by atomic mass is 32.2. The highest BCUT2D eigenvalue weighted by Crippen LogP contribution is 2.39. The van der Waals surface area contributed by atoms with E-state index >= 15 is 0 Å². The van der Waals surface area contributed by atoms with E-state index in [1.54, 1.807) is 29.4 Å². The van der Waals surface area contributed by atoms with E-state index in [9.17, 15) is 18.5 Å². The number of hydrogen-bond acceptors (Lipinski definition) is 10. The lowest BCUT2D eigenvalue weighted by molar-refractivity contribution is -0.135. The molecule has 11 nitrogen and oxygen atoms in total. The molecule has 2 saturated heterocycles.